The van der Waals surface area contributed by atoms with Gasteiger partial charge in [-0.3, -0.25) is 0 Å². The second-order valence-corrected chi connectivity index (χ2v) is 5.29. The third-order valence-electron chi connectivity index (χ3n) is 2.63. The lowest BCUT2D eigenvalue weighted by atomic mass is 10.2. The van der Waals surface area contributed by atoms with Gasteiger partial charge >= 0.3 is 0 Å². The number of halogens is 1. The van der Waals surface area contributed by atoms with Gasteiger partial charge in [-0.05, 0) is 11.4 Å². The smallest absolute Gasteiger partial charge is 0.162 e. The van der Waals surface area contributed by atoms with Crippen LogP contribution in [0.4, 0.5) is 5.82 Å². The summed E-state index contributed by atoms with van der Waals surface area (Å²) in [7, 11) is 0. The van der Waals surface area contributed by atoms with E-state index < -0.39 is 0 Å². The Kier molecular flexibility index (Phi) is 3.19. The number of rotatable bonds is 2. The van der Waals surface area contributed by atoms with Gasteiger partial charge in [0.15, 0.2) is 5.82 Å². The molecule has 0 fully saturated rings. The van der Waals surface area contributed by atoms with E-state index in [1.54, 1.807) is 6.07 Å². The minimum absolute atomic E-state index is 0.438. The molecule has 0 aliphatic heterocycles. The first-order valence-electron chi connectivity index (χ1n) is 5.67. The maximum atomic E-state index is 6.13. The van der Waals surface area contributed by atoms with E-state index in [2.05, 4.69) is 9.97 Å². The molecule has 2 N–H and O–H groups in total. The van der Waals surface area contributed by atoms with E-state index in [0.717, 1.165) is 16.1 Å². The fourth-order valence-electron chi connectivity index (χ4n) is 1.78. The van der Waals surface area contributed by atoms with E-state index in [9.17, 15) is 0 Å². The first kappa shape index (κ1) is 12.1. The Morgan fingerprint density at radius 3 is 2.53 bits per heavy atom. The van der Waals surface area contributed by atoms with Crippen molar-refractivity contribution in [1.29, 1.82) is 0 Å². The molecule has 1 aromatic carbocycles. The maximum absolute atomic E-state index is 6.13. The third kappa shape index (κ3) is 2.45. The SMILES string of the molecule is Nc1cc(-c2sccc2Cl)nc(-c2ccccc2)n1. The van der Waals surface area contributed by atoms with Crippen LogP contribution in [0.3, 0.4) is 0 Å². The van der Waals surface area contributed by atoms with Crippen LogP contribution in [0.1, 0.15) is 0 Å². The number of benzene rings is 1. The molecule has 0 radical (unpaired) electrons. The Bertz CT molecular complexity index is 710. The van der Waals surface area contributed by atoms with E-state index in [-0.39, 0.29) is 0 Å². The molecule has 19 heavy (non-hydrogen) atoms. The molecule has 3 aromatic rings. The van der Waals surface area contributed by atoms with Crippen LogP contribution in [-0.4, -0.2) is 9.97 Å². The number of thiophene rings is 1. The summed E-state index contributed by atoms with van der Waals surface area (Å²) in [6.07, 6.45) is 0. The number of nitrogen functional groups attached to an aromatic ring is 1. The van der Waals surface area contributed by atoms with Crippen LogP contribution in [0.2, 0.25) is 5.02 Å². The summed E-state index contributed by atoms with van der Waals surface area (Å²) < 4.78 is 0. The number of nitrogens with zero attached hydrogens (tertiary/aromatic N) is 2. The highest BCUT2D eigenvalue weighted by atomic mass is 35.5. The van der Waals surface area contributed by atoms with Gasteiger partial charge in [0.2, 0.25) is 0 Å². The molecule has 0 saturated carbocycles. The summed E-state index contributed by atoms with van der Waals surface area (Å²) in [6.45, 7) is 0. The zero-order chi connectivity index (χ0) is 13.2. The Morgan fingerprint density at radius 2 is 1.84 bits per heavy atom. The second kappa shape index (κ2) is 4.99. The van der Waals surface area contributed by atoms with Crippen molar-refractivity contribution >= 4 is 28.8 Å². The van der Waals surface area contributed by atoms with Crippen molar-refractivity contribution in [2.75, 3.05) is 5.73 Å². The molecule has 0 spiro atoms. The molecular weight excluding hydrogens is 278 g/mol. The van der Waals surface area contributed by atoms with Crippen LogP contribution in [0, 0.1) is 0 Å². The fraction of sp³-hybridized carbons (Fsp3) is 0. The van der Waals surface area contributed by atoms with Crippen molar-refractivity contribution < 1.29 is 0 Å². The maximum Gasteiger partial charge on any atom is 0.162 e. The van der Waals surface area contributed by atoms with Crippen molar-refractivity contribution in [3.63, 3.8) is 0 Å². The third-order valence-corrected chi connectivity index (χ3v) is 3.99. The molecule has 5 heteroatoms. The summed E-state index contributed by atoms with van der Waals surface area (Å²) in [5.74, 6) is 1.05. The molecule has 2 heterocycles. The molecule has 0 saturated heterocycles. The predicted molar refractivity (Wildman–Crippen MR) is 80.2 cm³/mol. The quantitative estimate of drug-likeness (QED) is 0.772. The van der Waals surface area contributed by atoms with E-state index in [4.69, 9.17) is 17.3 Å². The van der Waals surface area contributed by atoms with Gasteiger partial charge in [0.05, 0.1) is 15.6 Å². The Balaban J connectivity index is 2.14. The van der Waals surface area contributed by atoms with Crippen molar-refractivity contribution in [2.24, 2.45) is 0 Å². The first-order valence-corrected chi connectivity index (χ1v) is 6.93. The monoisotopic (exact) mass is 287 g/mol. The molecule has 0 amide bonds. The molecule has 2 aromatic heterocycles. The predicted octanol–water partition coefficient (Wildman–Crippen LogP) is 4.11. The summed E-state index contributed by atoms with van der Waals surface area (Å²) in [5.41, 5.74) is 7.55. The molecule has 0 unspecified atom stereocenters. The van der Waals surface area contributed by atoms with Crippen LogP contribution in [0.5, 0.6) is 0 Å². The lowest BCUT2D eigenvalue weighted by Gasteiger charge is -2.05. The Labute approximate surface area is 119 Å². The van der Waals surface area contributed by atoms with Gasteiger partial charge in [0, 0.05) is 11.6 Å². The molecule has 3 rings (SSSR count). The molecule has 0 bridgehead atoms. The summed E-state index contributed by atoms with van der Waals surface area (Å²) in [4.78, 5) is 9.72. The Morgan fingerprint density at radius 1 is 1.05 bits per heavy atom. The van der Waals surface area contributed by atoms with Gasteiger partial charge in [0.25, 0.3) is 0 Å². The topological polar surface area (TPSA) is 51.8 Å². The van der Waals surface area contributed by atoms with Gasteiger partial charge in [0.1, 0.15) is 5.82 Å². The van der Waals surface area contributed by atoms with E-state index in [1.807, 2.05) is 41.8 Å². The van der Waals surface area contributed by atoms with Gasteiger partial charge < -0.3 is 5.73 Å². The normalized spacial score (nSPS) is 10.6. The van der Waals surface area contributed by atoms with E-state index in [0.29, 0.717) is 16.7 Å². The summed E-state index contributed by atoms with van der Waals surface area (Å²) in [5, 5.41) is 2.61. The number of nitrogens with two attached hydrogens (primary N) is 1. The lowest BCUT2D eigenvalue weighted by molar-refractivity contribution is 1.19. The van der Waals surface area contributed by atoms with Crippen molar-refractivity contribution in [3.8, 4) is 22.0 Å². The molecule has 0 aliphatic carbocycles. The van der Waals surface area contributed by atoms with Crippen molar-refractivity contribution in [3.05, 3.63) is 52.9 Å². The van der Waals surface area contributed by atoms with E-state index in [1.165, 1.54) is 11.3 Å². The van der Waals surface area contributed by atoms with Crippen LogP contribution in [-0.2, 0) is 0 Å². The average molecular weight is 288 g/mol. The molecule has 0 atom stereocenters. The molecule has 94 valence electrons. The van der Waals surface area contributed by atoms with Gasteiger partial charge in [-0.15, -0.1) is 11.3 Å². The molecule has 3 nitrogen and oxygen atoms in total. The standard InChI is InChI=1S/C14H10ClN3S/c15-10-6-7-19-13(10)11-8-12(16)18-14(17-11)9-4-2-1-3-5-9/h1-8H,(H2,16,17,18). The highest BCUT2D eigenvalue weighted by Gasteiger charge is 2.10. The minimum atomic E-state index is 0.438. The summed E-state index contributed by atoms with van der Waals surface area (Å²) in [6, 6.07) is 13.3. The largest absolute Gasteiger partial charge is 0.384 e. The highest BCUT2D eigenvalue weighted by molar-refractivity contribution is 7.14. The zero-order valence-corrected chi connectivity index (χ0v) is 11.4. The van der Waals surface area contributed by atoms with Gasteiger partial charge in [-0.1, -0.05) is 41.9 Å². The summed E-state index contributed by atoms with van der Waals surface area (Å²) >= 11 is 7.67. The minimum Gasteiger partial charge on any atom is -0.384 e. The second-order valence-electron chi connectivity index (χ2n) is 3.97. The highest BCUT2D eigenvalue weighted by Crippen LogP contribution is 2.33. The van der Waals surface area contributed by atoms with Crippen LogP contribution >= 0.6 is 22.9 Å². The number of anilines is 1. The van der Waals surface area contributed by atoms with Crippen LogP contribution < -0.4 is 5.73 Å². The molecular formula is C14H10ClN3S. The van der Waals surface area contributed by atoms with Gasteiger partial charge in [-0.25, -0.2) is 9.97 Å². The first-order chi connectivity index (χ1) is 9.24. The fourth-order valence-corrected chi connectivity index (χ4v) is 2.89. The Hall–Kier alpha value is -1.91. The number of hydrogen-bond acceptors (Lipinski definition) is 4. The van der Waals surface area contributed by atoms with Crippen LogP contribution in [0.15, 0.2) is 47.8 Å². The van der Waals surface area contributed by atoms with Crippen LogP contribution in [0.25, 0.3) is 22.0 Å². The number of hydrogen-bond donors (Lipinski definition) is 1. The lowest BCUT2D eigenvalue weighted by Crippen LogP contribution is -1.97. The molecule has 0 aliphatic rings. The van der Waals surface area contributed by atoms with Crippen molar-refractivity contribution in [2.45, 2.75) is 0 Å². The van der Waals surface area contributed by atoms with Crippen molar-refractivity contribution in [1.82, 2.24) is 9.97 Å². The average Bonchev–Trinajstić information content (AvgIpc) is 2.85. The van der Waals surface area contributed by atoms with Gasteiger partial charge in [-0.2, -0.15) is 0 Å². The zero-order valence-electron chi connectivity index (χ0n) is 9.88. The number of aromatic nitrogens is 2. The van der Waals surface area contributed by atoms with E-state index >= 15 is 0 Å².